The zero-order valence-corrected chi connectivity index (χ0v) is 28.4. The van der Waals surface area contributed by atoms with E-state index in [1.54, 1.807) is 24.4 Å². The van der Waals surface area contributed by atoms with Gasteiger partial charge in [-0.15, -0.1) is 0 Å². The van der Waals surface area contributed by atoms with Crippen LogP contribution in [0, 0.1) is 34.6 Å². The molecule has 0 bridgehead atoms. The first kappa shape index (κ1) is 31.2. The fourth-order valence-electron chi connectivity index (χ4n) is 6.27. The van der Waals surface area contributed by atoms with Gasteiger partial charge < -0.3 is 5.73 Å². The molecule has 0 radical (unpaired) electrons. The van der Waals surface area contributed by atoms with Gasteiger partial charge in [-0.05, 0) is 94.8 Å². The van der Waals surface area contributed by atoms with Crippen LogP contribution in [0.1, 0.15) is 38.7 Å². The maximum atomic E-state index is 11.5. The van der Waals surface area contributed by atoms with E-state index in [1.165, 1.54) is 0 Å². The van der Waals surface area contributed by atoms with Crippen LogP contribution in [0.4, 0.5) is 0 Å². The summed E-state index contributed by atoms with van der Waals surface area (Å²) >= 11 is 12.4. The van der Waals surface area contributed by atoms with Gasteiger partial charge in [0, 0.05) is 39.1 Å². The molecule has 11 heteroatoms. The average molecular weight is 674 g/mol. The third kappa shape index (κ3) is 5.31. The summed E-state index contributed by atoms with van der Waals surface area (Å²) in [5, 5.41) is 1.31. The van der Waals surface area contributed by atoms with Crippen LogP contribution in [0.3, 0.4) is 0 Å². The smallest absolute Gasteiger partial charge is 0.248 e. The van der Waals surface area contributed by atoms with Crippen molar-refractivity contribution in [3.05, 3.63) is 123 Å². The minimum Gasteiger partial charge on any atom is -0.366 e. The zero-order chi connectivity index (χ0) is 33.9. The largest absolute Gasteiger partial charge is 0.366 e. The molecule has 48 heavy (non-hydrogen) atoms. The van der Waals surface area contributed by atoms with Crippen LogP contribution in [0.15, 0.2) is 79.1 Å². The summed E-state index contributed by atoms with van der Waals surface area (Å²) in [4.78, 5) is 34.7. The second-order valence-electron chi connectivity index (χ2n) is 11.7. The predicted molar refractivity (Wildman–Crippen MR) is 192 cm³/mol. The summed E-state index contributed by atoms with van der Waals surface area (Å²) in [6.45, 7) is 9.99. The first-order valence-electron chi connectivity index (χ1n) is 15.2. The number of nitrogens with zero attached hydrogens (tertiary/aromatic N) is 7. The minimum absolute atomic E-state index is 0.444. The number of pyridine rings is 1. The second-order valence-corrected chi connectivity index (χ2v) is 12.6. The number of nitrogens with two attached hydrogens (primary N) is 1. The molecule has 0 saturated carbocycles. The molecule has 9 nitrogen and oxygen atoms in total. The molecule has 0 aliphatic carbocycles. The van der Waals surface area contributed by atoms with Crippen LogP contribution in [0.25, 0.3) is 55.9 Å². The molecule has 0 aliphatic heterocycles. The van der Waals surface area contributed by atoms with E-state index in [0.29, 0.717) is 15.6 Å². The zero-order valence-electron chi connectivity index (χ0n) is 26.9. The van der Waals surface area contributed by atoms with Crippen LogP contribution in [0.5, 0.6) is 0 Å². The third-order valence-electron chi connectivity index (χ3n) is 8.41. The van der Waals surface area contributed by atoms with E-state index in [2.05, 4.69) is 21.3 Å². The molecule has 5 heterocycles. The molecule has 0 unspecified atom stereocenters. The lowest BCUT2D eigenvalue weighted by Crippen LogP contribution is -2.10. The third-order valence-corrected chi connectivity index (χ3v) is 8.88. The number of amides is 1. The average Bonchev–Trinajstić information content (AvgIpc) is 3.60. The molecule has 5 aromatic heterocycles. The Kier molecular flexibility index (Phi) is 7.81. The highest BCUT2D eigenvalue weighted by molar-refractivity contribution is 6.31. The van der Waals surface area contributed by atoms with Crippen molar-refractivity contribution in [3.63, 3.8) is 0 Å². The van der Waals surface area contributed by atoms with E-state index in [1.807, 2.05) is 86.8 Å². The molecular formula is C37H30Cl2N8O. The molecule has 0 aliphatic rings. The van der Waals surface area contributed by atoms with Crippen LogP contribution in [0.2, 0.25) is 10.0 Å². The van der Waals surface area contributed by atoms with Crippen LogP contribution >= 0.6 is 23.2 Å². The monoisotopic (exact) mass is 672 g/mol. The van der Waals surface area contributed by atoms with Crippen molar-refractivity contribution in [3.8, 4) is 22.8 Å². The number of carbonyl (C=O) groups excluding carboxylic acids is 1. The molecule has 3 aromatic carbocycles. The highest BCUT2D eigenvalue weighted by Gasteiger charge is 2.19. The molecule has 238 valence electrons. The van der Waals surface area contributed by atoms with Gasteiger partial charge in [-0.2, -0.15) is 0 Å². The van der Waals surface area contributed by atoms with E-state index in [9.17, 15) is 4.79 Å². The highest BCUT2D eigenvalue weighted by atomic mass is 35.5. The van der Waals surface area contributed by atoms with Gasteiger partial charge in [0.15, 0.2) is 0 Å². The van der Waals surface area contributed by atoms with Gasteiger partial charge >= 0.3 is 0 Å². The number of fused-ring (bicyclic) bond motifs is 6. The molecule has 0 saturated heterocycles. The SMILES string of the molecule is Cc1ccncc1-c1nc(C)c2c(C)nc3ccc(Cl)cc3n12.Cc1nc(-c2cccc(C(N)=O)c2)n2c1c(C)nc1ccc(Cl)cc12. The molecule has 0 fully saturated rings. The molecular weight excluding hydrogens is 643 g/mol. The second kappa shape index (κ2) is 12.0. The Morgan fingerprint density at radius 1 is 0.667 bits per heavy atom. The van der Waals surface area contributed by atoms with Gasteiger partial charge in [-0.25, -0.2) is 19.9 Å². The van der Waals surface area contributed by atoms with Crippen LogP contribution in [-0.4, -0.2) is 39.6 Å². The van der Waals surface area contributed by atoms with E-state index in [-0.39, 0.29) is 0 Å². The van der Waals surface area contributed by atoms with Gasteiger partial charge in [0.25, 0.3) is 0 Å². The Morgan fingerprint density at radius 2 is 1.21 bits per heavy atom. The van der Waals surface area contributed by atoms with Crippen molar-refractivity contribution in [1.29, 1.82) is 0 Å². The molecule has 2 N–H and O–H groups in total. The Bertz CT molecular complexity index is 2590. The van der Waals surface area contributed by atoms with Crippen molar-refractivity contribution in [1.82, 2.24) is 33.7 Å². The number of rotatable bonds is 3. The van der Waals surface area contributed by atoms with E-state index < -0.39 is 5.91 Å². The predicted octanol–water partition coefficient (Wildman–Crippen LogP) is 8.44. The molecule has 8 aromatic rings. The number of primary amides is 1. The molecule has 0 atom stereocenters. The van der Waals surface area contributed by atoms with E-state index >= 15 is 0 Å². The summed E-state index contributed by atoms with van der Waals surface area (Å²) in [7, 11) is 0. The van der Waals surface area contributed by atoms with Crippen LogP contribution in [-0.2, 0) is 0 Å². The van der Waals surface area contributed by atoms with Gasteiger partial charge in [0.05, 0.1) is 55.9 Å². The maximum absolute atomic E-state index is 11.5. The normalized spacial score (nSPS) is 11.4. The number of hydrogen-bond donors (Lipinski definition) is 1. The highest BCUT2D eigenvalue weighted by Crippen LogP contribution is 2.32. The number of benzene rings is 3. The number of aromatic nitrogens is 7. The number of hydrogen-bond acceptors (Lipinski definition) is 6. The fraction of sp³-hybridized carbons (Fsp3) is 0.135. The van der Waals surface area contributed by atoms with Crippen molar-refractivity contribution >= 4 is 62.2 Å². The lowest BCUT2D eigenvalue weighted by molar-refractivity contribution is 0.100. The Balaban J connectivity index is 0.000000152. The lowest BCUT2D eigenvalue weighted by Gasteiger charge is -2.09. The number of imidazole rings is 2. The Hall–Kier alpha value is -5.38. The number of halogens is 2. The summed E-state index contributed by atoms with van der Waals surface area (Å²) in [5.74, 6) is 1.14. The van der Waals surface area contributed by atoms with Crippen molar-refractivity contribution in [2.75, 3.05) is 0 Å². The molecule has 0 spiro atoms. The van der Waals surface area contributed by atoms with Crippen molar-refractivity contribution < 1.29 is 4.79 Å². The Labute approximate surface area is 286 Å². The van der Waals surface area contributed by atoms with E-state index in [0.717, 1.165) is 84.2 Å². The van der Waals surface area contributed by atoms with Gasteiger partial charge in [0.2, 0.25) is 5.91 Å². The first-order valence-corrected chi connectivity index (χ1v) is 16.0. The van der Waals surface area contributed by atoms with Crippen molar-refractivity contribution in [2.24, 2.45) is 5.73 Å². The quantitative estimate of drug-likeness (QED) is 0.201. The van der Waals surface area contributed by atoms with E-state index in [4.69, 9.17) is 43.9 Å². The maximum Gasteiger partial charge on any atom is 0.248 e. The molecule has 1 amide bonds. The van der Waals surface area contributed by atoms with Gasteiger partial charge in [-0.1, -0.05) is 35.3 Å². The summed E-state index contributed by atoms with van der Waals surface area (Å²) in [5.41, 5.74) is 18.0. The van der Waals surface area contributed by atoms with Crippen LogP contribution < -0.4 is 5.73 Å². The van der Waals surface area contributed by atoms with Crippen molar-refractivity contribution in [2.45, 2.75) is 34.6 Å². The number of aryl methyl sites for hydroxylation is 5. The lowest BCUT2D eigenvalue weighted by atomic mass is 10.1. The summed E-state index contributed by atoms with van der Waals surface area (Å²) < 4.78 is 4.18. The number of carbonyl (C=O) groups is 1. The Morgan fingerprint density at radius 3 is 1.77 bits per heavy atom. The topological polar surface area (TPSA) is 116 Å². The summed E-state index contributed by atoms with van der Waals surface area (Å²) in [6, 6.07) is 20.5. The standard InChI is InChI=1S/C19H15ClN4O.C18H15ClN4/c1-10-17-11(2)23-19(13-5-3-4-12(8-13)18(21)25)24(17)16-9-14(20)6-7-15(16)22-10;1-10-6-7-20-9-14(10)18-22-12(3)17-11(2)21-15-5-4-13(19)8-16(15)23(17)18/h3-9H,1-2H3,(H2,21,25);4-9H,1-3H3. The first-order chi connectivity index (χ1) is 23.0. The minimum atomic E-state index is -0.467. The van der Waals surface area contributed by atoms with Gasteiger partial charge in [-0.3, -0.25) is 18.6 Å². The fourth-order valence-corrected chi connectivity index (χ4v) is 6.60. The summed E-state index contributed by atoms with van der Waals surface area (Å²) in [6.07, 6.45) is 3.65. The molecule has 8 rings (SSSR count). The van der Waals surface area contributed by atoms with Gasteiger partial charge in [0.1, 0.15) is 11.6 Å².